The van der Waals surface area contributed by atoms with Gasteiger partial charge in [-0.1, -0.05) is 30.3 Å². The largest absolute Gasteiger partial charge is 0.497 e. The number of rotatable bonds is 4. The Morgan fingerprint density at radius 3 is 1.85 bits per heavy atom. The molecule has 0 aliphatic carbocycles. The first-order valence-electron chi connectivity index (χ1n) is 5.67. The van der Waals surface area contributed by atoms with E-state index in [1.165, 1.54) is 0 Å². The molecule has 0 amide bonds. The average Bonchev–Trinajstić information content (AvgIpc) is 2.41. The van der Waals surface area contributed by atoms with Crippen molar-refractivity contribution in [3.8, 4) is 5.75 Å². The van der Waals surface area contributed by atoms with Crippen LogP contribution in [0.2, 0.25) is 0 Å². The molecule has 0 aromatic heterocycles. The van der Waals surface area contributed by atoms with Gasteiger partial charge in [-0.2, -0.15) is 0 Å². The number of nitro benzene ring substituents is 2. The molecular formula is C13H10N2O5. The van der Waals surface area contributed by atoms with E-state index in [0.29, 0.717) is 12.0 Å². The van der Waals surface area contributed by atoms with E-state index in [2.05, 4.69) is 0 Å². The zero-order chi connectivity index (χ0) is 14.7. The summed E-state index contributed by atoms with van der Waals surface area (Å²) in [6.45, 7) is 0. The molecule has 0 aliphatic heterocycles. The molecule has 0 aliphatic rings. The number of nitrogens with zero attached hydrogens (tertiary/aromatic N) is 2. The lowest BCUT2D eigenvalue weighted by Gasteiger charge is -2.04. The van der Waals surface area contributed by atoms with Crippen molar-refractivity contribution in [2.45, 2.75) is 6.42 Å². The topological polar surface area (TPSA) is 107 Å². The molecule has 2 rings (SSSR count). The zero-order valence-corrected chi connectivity index (χ0v) is 10.2. The smallest absolute Gasteiger partial charge is 0.318 e. The number of aromatic hydroxyl groups is 1. The summed E-state index contributed by atoms with van der Waals surface area (Å²) in [5.74, 6) is -0.920. The highest BCUT2D eigenvalue weighted by molar-refractivity contribution is 5.61. The number of hydrogen-bond donors (Lipinski definition) is 1. The van der Waals surface area contributed by atoms with Gasteiger partial charge in [0, 0.05) is 12.1 Å². The molecule has 0 spiro atoms. The summed E-state index contributed by atoms with van der Waals surface area (Å²) >= 11 is 0. The van der Waals surface area contributed by atoms with Crippen molar-refractivity contribution in [3.05, 3.63) is 73.8 Å². The molecule has 0 atom stereocenters. The maximum atomic E-state index is 10.8. The lowest BCUT2D eigenvalue weighted by Crippen LogP contribution is -1.97. The molecule has 0 radical (unpaired) electrons. The highest BCUT2D eigenvalue weighted by atomic mass is 16.6. The van der Waals surface area contributed by atoms with E-state index in [1.807, 2.05) is 18.2 Å². The molecule has 0 unspecified atom stereocenters. The van der Waals surface area contributed by atoms with E-state index in [1.54, 1.807) is 12.1 Å². The van der Waals surface area contributed by atoms with E-state index in [0.717, 1.165) is 17.7 Å². The van der Waals surface area contributed by atoms with Crippen molar-refractivity contribution < 1.29 is 15.0 Å². The average molecular weight is 274 g/mol. The number of phenolic OH excluding ortho intramolecular Hbond substituents is 1. The maximum absolute atomic E-state index is 10.8. The first-order valence-corrected chi connectivity index (χ1v) is 5.67. The number of benzene rings is 2. The standard InChI is InChI=1S/C13H10N2O5/c16-13-11(14(17)18)7-10(8-12(13)15(19)20)6-9-4-2-1-3-5-9/h1-5,7-8,16H,6H2. The molecule has 0 saturated heterocycles. The predicted octanol–water partition coefficient (Wildman–Crippen LogP) is 2.80. The highest BCUT2D eigenvalue weighted by Gasteiger charge is 2.26. The number of phenols is 1. The minimum absolute atomic E-state index is 0.308. The second kappa shape index (κ2) is 5.35. The third kappa shape index (κ3) is 2.72. The van der Waals surface area contributed by atoms with Crippen molar-refractivity contribution in [1.29, 1.82) is 0 Å². The molecule has 0 fully saturated rings. The van der Waals surface area contributed by atoms with Gasteiger partial charge in [-0.05, 0) is 17.5 Å². The monoisotopic (exact) mass is 274 g/mol. The quantitative estimate of drug-likeness (QED) is 0.681. The maximum Gasteiger partial charge on any atom is 0.318 e. The molecule has 0 bridgehead atoms. The van der Waals surface area contributed by atoms with Crippen LogP contribution < -0.4 is 0 Å². The third-order valence-corrected chi connectivity index (χ3v) is 2.77. The Labute approximate surface area is 113 Å². The molecule has 7 heteroatoms. The summed E-state index contributed by atoms with van der Waals surface area (Å²) in [5.41, 5.74) is -0.0653. The van der Waals surface area contributed by atoms with Crippen molar-refractivity contribution >= 4 is 11.4 Å². The Bertz CT molecular complexity index is 635. The van der Waals surface area contributed by atoms with Gasteiger partial charge >= 0.3 is 11.4 Å². The van der Waals surface area contributed by atoms with E-state index in [4.69, 9.17) is 0 Å². The number of hydrogen-bond acceptors (Lipinski definition) is 5. The van der Waals surface area contributed by atoms with Gasteiger partial charge in [0.25, 0.3) is 5.75 Å². The number of nitro groups is 2. The Balaban J connectivity index is 2.49. The predicted molar refractivity (Wildman–Crippen MR) is 70.7 cm³/mol. The molecular weight excluding hydrogens is 264 g/mol. The van der Waals surface area contributed by atoms with Gasteiger partial charge in [-0.15, -0.1) is 0 Å². The van der Waals surface area contributed by atoms with Crippen LogP contribution in [0, 0.1) is 20.2 Å². The molecule has 0 saturated carbocycles. The summed E-state index contributed by atoms with van der Waals surface area (Å²) < 4.78 is 0. The van der Waals surface area contributed by atoms with E-state index in [-0.39, 0.29) is 0 Å². The SMILES string of the molecule is O=[N+]([O-])c1cc(Cc2ccccc2)cc([N+](=O)[O-])c1O. The van der Waals surface area contributed by atoms with Crippen LogP contribution in [-0.2, 0) is 6.42 Å². The Morgan fingerprint density at radius 2 is 1.40 bits per heavy atom. The van der Waals surface area contributed by atoms with Crippen LogP contribution in [-0.4, -0.2) is 15.0 Å². The van der Waals surface area contributed by atoms with Gasteiger partial charge < -0.3 is 5.11 Å². The Morgan fingerprint density at radius 1 is 0.900 bits per heavy atom. The second-order valence-corrected chi connectivity index (χ2v) is 4.16. The zero-order valence-electron chi connectivity index (χ0n) is 10.2. The van der Waals surface area contributed by atoms with Crippen LogP contribution in [0.3, 0.4) is 0 Å². The molecule has 7 nitrogen and oxygen atoms in total. The summed E-state index contributed by atoms with van der Waals surface area (Å²) in [6, 6.07) is 11.3. The van der Waals surface area contributed by atoms with Crippen LogP contribution >= 0.6 is 0 Å². The molecule has 102 valence electrons. The molecule has 0 heterocycles. The van der Waals surface area contributed by atoms with Gasteiger partial charge in [0.1, 0.15) is 0 Å². The van der Waals surface area contributed by atoms with Crippen molar-refractivity contribution in [2.24, 2.45) is 0 Å². The van der Waals surface area contributed by atoms with Crippen molar-refractivity contribution in [2.75, 3.05) is 0 Å². The van der Waals surface area contributed by atoms with Crippen molar-refractivity contribution in [1.82, 2.24) is 0 Å². The summed E-state index contributed by atoms with van der Waals surface area (Å²) in [7, 11) is 0. The van der Waals surface area contributed by atoms with Crippen LogP contribution in [0.25, 0.3) is 0 Å². The van der Waals surface area contributed by atoms with Gasteiger partial charge in [-0.3, -0.25) is 20.2 Å². The fraction of sp³-hybridized carbons (Fsp3) is 0.0769. The third-order valence-electron chi connectivity index (χ3n) is 2.77. The van der Waals surface area contributed by atoms with Crippen LogP contribution in [0.15, 0.2) is 42.5 Å². The molecule has 1 N–H and O–H groups in total. The normalized spacial score (nSPS) is 10.2. The fourth-order valence-corrected chi connectivity index (χ4v) is 1.87. The van der Waals surface area contributed by atoms with E-state index in [9.17, 15) is 25.3 Å². The lowest BCUT2D eigenvalue weighted by atomic mass is 10.0. The first kappa shape index (κ1) is 13.5. The van der Waals surface area contributed by atoms with Gasteiger partial charge in [-0.25, -0.2) is 0 Å². The van der Waals surface area contributed by atoms with Gasteiger partial charge in [0.05, 0.1) is 9.85 Å². The van der Waals surface area contributed by atoms with E-state index < -0.39 is 27.0 Å². The first-order chi connectivity index (χ1) is 9.49. The van der Waals surface area contributed by atoms with Crippen molar-refractivity contribution in [3.63, 3.8) is 0 Å². The van der Waals surface area contributed by atoms with Gasteiger partial charge in [0.15, 0.2) is 0 Å². The van der Waals surface area contributed by atoms with Gasteiger partial charge in [0.2, 0.25) is 0 Å². The molecule has 20 heavy (non-hydrogen) atoms. The molecule has 2 aromatic rings. The minimum Gasteiger partial charge on any atom is -0.497 e. The molecule has 2 aromatic carbocycles. The van der Waals surface area contributed by atoms with Crippen LogP contribution in [0.1, 0.15) is 11.1 Å². The highest BCUT2D eigenvalue weighted by Crippen LogP contribution is 2.37. The second-order valence-electron chi connectivity index (χ2n) is 4.16. The summed E-state index contributed by atoms with van der Waals surface area (Å²) in [6.07, 6.45) is 0.308. The van der Waals surface area contributed by atoms with Crippen LogP contribution in [0.4, 0.5) is 11.4 Å². The summed E-state index contributed by atoms with van der Waals surface area (Å²) in [4.78, 5) is 20.0. The fourth-order valence-electron chi connectivity index (χ4n) is 1.87. The lowest BCUT2D eigenvalue weighted by molar-refractivity contribution is -0.396. The Kier molecular flexibility index (Phi) is 3.60. The van der Waals surface area contributed by atoms with Crippen LogP contribution in [0.5, 0.6) is 5.75 Å². The Hall–Kier alpha value is -2.96. The summed E-state index contributed by atoms with van der Waals surface area (Å²) in [5, 5.41) is 31.2. The minimum atomic E-state index is -0.920. The van der Waals surface area contributed by atoms with E-state index >= 15 is 0 Å².